The van der Waals surface area contributed by atoms with Crippen molar-refractivity contribution in [3.05, 3.63) is 12.7 Å². The molecule has 0 amide bonds. The number of imidazole rings is 1. The Morgan fingerprint density at radius 1 is 1.39 bits per heavy atom. The molecule has 0 saturated carbocycles. The van der Waals surface area contributed by atoms with Gasteiger partial charge < -0.3 is 15.2 Å². The van der Waals surface area contributed by atoms with Gasteiger partial charge in [0.2, 0.25) is 0 Å². The zero-order chi connectivity index (χ0) is 12.4. The van der Waals surface area contributed by atoms with Crippen LogP contribution in [-0.2, 0) is 0 Å². The Labute approximate surface area is 106 Å². The monoisotopic (exact) mass is 246 g/mol. The van der Waals surface area contributed by atoms with E-state index < -0.39 is 0 Å². The summed E-state index contributed by atoms with van der Waals surface area (Å²) in [5.74, 6) is 0.984. The third-order valence-corrected chi connectivity index (χ3v) is 3.54. The first-order valence-corrected chi connectivity index (χ1v) is 6.45. The minimum Gasteiger partial charge on any atom is -0.350 e. The first-order chi connectivity index (χ1) is 8.90. The lowest BCUT2D eigenvalue weighted by atomic mass is 10.0. The third kappa shape index (κ3) is 1.92. The van der Waals surface area contributed by atoms with E-state index in [4.69, 9.17) is 0 Å². The van der Waals surface area contributed by atoms with Gasteiger partial charge in [-0.2, -0.15) is 0 Å². The van der Waals surface area contributed by atoms with Gasteiger partial charge in [-0.25, -0.2) is 15.0 Å². The highest BCUT2D eigenvalue weighted by atomic mass is 15.2. The normalized spacial score (nSPS) is 20.5. The number of H-pyrrole nitrogens is 1. The molecule has 2 aromatic rings. The molecule has 6 nitrogen and oxygen atoms in total. The number of nitrogens with zero attached hydrogens (tertiary/aromatic N) is 4. The summed E-state index contributed by atoms with van der Waals surface area (Å²) in [5, 5.41) is 3.27. The average molecular weight is 246 g/mol. The van der Waals surface area contributed by atoms with E-state index in [0.29, 0.717) is 6.04 Å². The van der Waals surface area contributed by atoms with Crippen molar-refractivity contribution in [2.45, 2.75) is 25.3 Å². The average Bonchev–Trinajstić information content (AvgIpc) is 2.88. The van der Waals surface area contributed by atoms with Crippen molar-refractivity contribution in [2.24, 2.45) is 0 Å². The highest BCUT2D eigenvalue weighted by Gasteiger charge is 2.25. The van der Waals surface area contributed by atoms with E-state index in [-0.39, 0.29) is 0 Å². The Morgan fingerprint density at radius 2 is 2.33 bits per heavy atom. The molecule has 1 aliphatic rings. The number of aromatic amines is 1. The lowest BCUT2D eigenvalue weighted by molar-refractivity contribution is 0.444. The highest BCUT2D eigenvalue weighted by molar-refractivity contribution is 5.82. The van der Waals surface area contributed by atoms with Crippen LogP contribution in [0.3, 0.4) is 0 Å². The minimum atomic E-state index is 0.505. The lowest BCUT2D eigenvalue weighted by Crippen LogP contribution is -2.45. The number of likely N-dealkylation sites (N-methyl/N-ethyl adjacent to an activating group) is 1. The molecule has 1 fully saturated rings. The van der Waals surface area contributed by atoms with E-state index in [9.17, 15) is 0 Å². The molecule has 1 unspecified atom stereocenters. The number of rotatable bonds is 3. The van der Waals surface area contributed by atoms with Gasteiger partial charge in [0.15, 0.2) is 11.5 Å². The largest absolute Gasteiger partial charge is 0.350 e. The van der Waals surface area contributed by atoms with Crippen LogP contribution >= 0.6 is 0 Å². The van der Waals surface area contributed by atoms with Gasteiger partial charge in [0.25, 0.3) is 0 Å². The Kier molecular flexibility index (Phi) is 3.10. The van der Waals surface area contributed by atoms with Crippen LogP contribution in [0.5, 0.6) is 0 Å². The quantitative estimate of drug-likeness (QED) is 0.843. The molecule has 0 aliphatic carbocycles. The number of piperidine rings is 1. The Bertz CT molecular complexity index is 520. The molecule has 1 aliphatic heterocycles. The van der Waals surface area contributed by atoms with Gasteiger partial charge in [0.05, 0.1) is 6.33 Å². The number of aromatic nitrogens is 4. The summed E-state index contributed by atoms with van der Waals surface area (Å²) < 4.78 is 0. The van der Waals surface area contributed by atoms with Gasteiger partial charge in [-0.1, -0.05) is 0 Å². The van der Waals surface area contributed by atoms with Crippen LogP contribution in [0, 0.1) is 0 Å². The van der Waals surface area contributed by atoms with Gasteiger partial charge in [-0.15, -0.1) is 0 Å². The van der Waals surface area contributed by atoms with Crippen molar-refractivity contribution in [3.8, 4) is 0 Å². The lowest BCUT2D eigenvalue weighted by Gasteiger charge is -2.36. The molecule has 1 atom stereocenters. The van der Waals surface area contributed by atoms with E-state index in [1.54, 1.807) is 12.7 Å². The number of hydrogen-bond acceptors (Lipinski definition) is 5. The molecule has 0 bridgehead atoms. The zero-order valence-electron chi connectivity index (χ0n) is 10.6. The molecule has 96 valence electrons. The highest BCUT2D eigenvalue weighted by Crippen LogP contribution is 2.26. The fourth-order valence-corrected chi connectivity index (χ4v) is 2.70. The SMILES string of the molecule is CNCC1CCCCN1c1ncnc2nc[nH]c12. The Balaban J connectivity index is 1.98. The molecule has 1 saturated heterocycles. The van der Waals surface area contributed by atoms with E-state index >= 15 is 0 Å². The standard InChI is InChI=1S/C12H18N6/c1-13-6-9-4-2-3-5-18(9)12-10-11(15-7-14-10)16-8-17-12/h7-9,13H,2-6H2,1H3,(H,14,15,16,17). The van der Waals surface area contributed by atoms with Crippen LogP contribution in [0.4, 0.5) is 5.82 Å². The van der Waals surface area contributed by atoms with Gasteiger partial charge in [0, 0.05) is 19.1 Å². The third-order valence-electron chi connectivity index (χ3n) is 3.54. The molecular weight excluding hydrogens is 228 g/mol. The summed E-state index contributed by atoms with van der Waals surface area (Å²) >= 11 is 0. The second-order valence-corrected chi connectivity index (χ2v) is 4.70. The van der Waals surface area contributed by atoms with Crippen molar-refractivity contribution in [1.29, 1.82) is 0 Å². The zero-order valence-corrected chi connectivity index (χ0v) is 10.6. The van der Waals surface area contributed by atoms with Crippen LogP contribution < -0.4 is 10.2 Å². The second-order valence-electron chi connectivity index (χ2n) is 4.70. The molecule has 18 heavy (non-hydrogen) atoms. The summed E-state index contributed by atoms with van der Waals surface area (Å²) in [6.07, 6.45) is 7.00. The summed E-state index contributed by atoms with van der Waals surface area (Å²) in [6, 6.07) is 0.505. The molecule has 3 heterocycles. The fraction of sp³-hybridized carbons (Fsp3) is 0.583. The molecule has 0 spiro atoms. The maximum absolute atomic E-state index is 4.45. The number of anilines is 1. The van der Waals surface area contributed by atoms with Crippen molar-refractivity contribution in [2.75, 3.05) is 25.0 Å². The molecule has 2 aromatic heterocycles. The fourth-order valence-electron chi connectivity index (χ4n) is 2.70. The predicted octanol–water partition coefficient (Wildman–Crippen LogP) is 0.931. The van der Waals surface area contributed by atoms with Gasteiger partial charge in [-0.3, -0.25) is 0 Å². The molecule has 2 N–H and O–H groups in total. The molecule has 3 rings (SSSR count). The van der Waals surface area contributed by atoms with Crippen LogP contribution in [0.15, 0.2) is 12.7 Å². The number of hydrogen-bond donors (Lipinski definition) is 2. The van der Waals surface area contributed by atoms with E-state index in [1.165, 1.54) is 19.3 Å². The van der Waals surface area contributed by atoms with Crippen molar-refractivity contribution >= 4 is 17.0 Å². The maximum atomic E-state index is 4.45. The number of nitrogens with one attached hydrogen (secondary N) is 2. The second kappa shape index (κ2) is 4.89. The van der Waals surface area contributed by atoms with Crippen molar-refractivity contribution < 1.29 is 0 Å². The van der Waals surface area contributed by atoms with Crippen LogP contribution in [0.25, 0.3) is 11.2 Å². The van der Waals surface area contributed by atoms with Gasteiger partial charge >= 0.3 is 0 Å². The predicted molar refractivity (Wildman–Crippen MR) is 70.6 cm³/mol. The van der Waals surface area contributed by atoms with E-state index in [2.05, 4.69) is 30.2 Å². The van der Waals surface area contributed by atoms with Gasteiger partial charge in [0.1, 0.15) is 11.8 Å². The van der Waals surface area contributed by atoms with Crippen LogP contribution in [0.1, 0.15) is 19.3 Å². The van der Waals surface area contributed by atoms with Crippen molar-refractivity contribution in [1.82, 2.24) is 25.3 Å². The van der Waals surface area contributed by atoms with E-state index in [0.717, 1.165) is 30.1 Å². The van der Waals surface area contributed by atoms with Crippen molar-refractivity contribution in [3.63, 3.8) is 0 Å². The van der Waals surface area contributed by atoms with Crippen LogP contribution in [-0.4, -0.2) is 46.1 Å². The molecule has 0 radical (unpaired) electrons. The minimum absolute atomic E-state index is 0.505. The Hall–Kier alpha value is -1.69. The summed E-state index contributed by atoms with van der Waals surface area (Å²) in [6.45, 7) is 2.04. The number of fused-ring (bicyclic) bond motifs is 1. The molecular formula is C12H18N6. The topological polar surface area (TPSA) is 69.7 Å². The van der Waals surface area contributed by atoms with Crippen LogP contribution in [0.2, 0.25) is 0 Å². The first kappa shape index (κ1) is 11.4. The summed E-state index contributed by atoms with van der Waals surface area (Å²) in [4.78, 5) is 18.3. The first-order valence-electron chi connectivity index (χ1n) is 6.45. The molecule has 0 aromatic carbocycles. The molecule has 6 heteroatoms. The maximum Gasteiger partial charge on any atom is 0.182 e. The summed E-state index contributed by atoms with van der Waals surface area (Å²) in [7, 11) is 2.00. The van der Waals surface area contributed by atoms with Gasteiger partial charge in [-0.05, 0) is 26.3 Å². The summed E-state index contributed by atoms with van der Waals surface area (Å²) in [5.41, 5.74) is 1.69. The smallest absolute Gasteiger partial charge is 0.182 e. The van der Waals surface area contributed by atoms with E-state index in [1.807, 2.05) is 7.05 Å². The Morgan fingerprint density at radius 3 is 3.22 bits per heavy atom.